The third kappa shape index (κ3) is 10.0. The highest BCUT2D eigenvalue weighted by atomic mass is 19.1. The van der Waals surface area contributed by atoms with E-state index < -0.39 is 0 Å². The van der Waals surface area contributed by atoms with E-state index >= 15 is 0 Å². The van der Waals surface area contributed by atoms with Gasteiger partial charge in [0.1, 0.15) is 11.6 Å². The minimum Gasteiger partial charge on any atom is -0.494 e. The first-order valence-corrected chi connectivity index (χ1v) is 8.74. The van der Waals surface area contributed by atoms with Gasteiger partial charge < -0.3 is 20.1 Å². The number of nitrogens with zero attached hydrogens (tertiary/aromatic N) is 1. The lowest BCUT2D eigenvalue weighted by atomic mass is 10.3. The normalized spacial score (nSPS) is 11.4. The van der Waals surface area contributed by atoms with Crippen molar-refractivity contribution in [2.45, 2.75) is 33.1 Å². The Hall–Kier alpha value is -1.82. The first-order valence-electron chi connectivity index (χ1n) is 8.74. The van der Waals surface area contributed by atoms with Gasteiger partial charge in [0.15, 0.2) is 5.96 Å². The third-order valence-electron chi connectivity index (χ3n) is 3.21. The molecule has 0 aromatic heterocycles. The summed E-state index contributed by atoms with van der Waals surface area (Å²) in [6.07, 6.45) is 2.90. The number of rotatable bonds is 12. The van der Waals surface area contributed by atoms with E-state index in [1.165, 1.54) is 12.1 Å². The Bertz CT molecular complexity index is 452. The summed E-state index contributed by atoms with van der Waals surface area (Å²) >= 11 is 0. The monoisotopic (exact) mass is 339 g/mol. The minimum atomic E-state index is -0.255. The van der Waals surface area contributed by atoms with Crippen molar-refractivity contribution in [3.63, 3.8) is 0 Å². The summed E-state index contributed by atoms with van der Waals surface area (Å²) in [4.78, 5) is 4.52. The highest BCUT2D eigenvalue weighted by molar-refractivity contribution is 5.79. The quantitative estimate of drug-likeness (QED) is 0.349. The largest absolute Gasteiger partial charge is 0.494 e. The van der Waals surface area contributed by atoms with Crippen molar-refractivity contribution in [2.24, 2.45) is 4.99 Å². The van der Waals surface area contributed by atoms with Crippen molar-refractivity contribution in [3.8, 4) is 5.75 Å². The number of ether oxygens (including phenoxy) is 2. The van der Waals surface area contributed by atoms with Gasteiger partial charge in [-0.3, -0.25) is 4.99 Å². The van der Waals surface area contributed by atoms with Crippen LogP contribution >= 0.6 is 0 Å². The number of unbranched alkanes of at least 4 members (excludes halogenated alkanes) is 1. The molecule has 0 saturated heterocycles. The van der Waals surface area contributed by atoms with E-state index in [9.17, 15) is 4.39 Å². The van der Waals surface area contributed by atoms with E-state index in [2.05, 4.69) is 15.6 Å². The first kappa shape index (κ1) is 20.2. The number of benzene rings is 1. The second-order valence-corrected chi connectivity index (χ2v) is 5.25. The number of halogens is 1. The molecule has 24 heavy (non-hydrogen) atoms. The molecule has 0 unspecified atom stereocenters. The van der Waals surface area contributed by atoms with Crippen molar-refractivity contribution in [2.75, 3.05) is 39.5 Å². The average molecular weight is 339 g/mol. The first-order chi connectivity index (χ1) is 11.8. The molecule has 1 rings (SSSR count). The summed E-state index contributed by atoms with van der Waals surface area (Å²) in [7, 11) is 0. The summed E-state index contributed by atoms with van der Waals surface area (Å²) in [5.41, 5.74) is 0. The molecule has 1 aromatic carbocycles. The van der Waals surface area contributed by atoms with Crippen LogP contribution in [-0.4, -0.2) is 45.4 Å². The molecule has 0 amide bonds. The van der Waals surface area contributed by atoms with Crippen LogP contribution in [0.25, 0.3) is 0 Å². The van der Waals surface area contributed by atoms with Crippen LogP contribution in [0.5, 0.6) is 5.75 Å². The van der Waals surface area contributed by atoms with Gasteiger partial charge in [0, 0.05) is 39.3 Å². The Morgan fingerprint density at radius 1 is 1.04 bits per heavy atom. The van der Waals surface area contributed by atoms with Gasteiger partial charge in [-0.15, -0.1) is 0 Å². The van der Waals surface area contributed by atoms with Crippen molar-refractivity contribution < 1.29 is 13.9 Å². The molecule has 136 valence electrons. The van der Waals surface area contributed by atoms with Gasteiger partial charge in [-0.25, -0.2) is 4.39 Å². The molecule has 0 bridgehead atoms. The fourth-order valence-corrected chi connectivity index (χ4v) is 2.00. The topological polar surface area (TPSA) is 54.9 Å². The van der Waals surface area contributed by atoms with Crippen LogP contribution in [0.4, 0.5) is 4.39 Å². The minimum absolute atomic E-state index is 0.255. The Kier molecular flexibility index (Phi) is 11.5. The lowest BCUT2D eigenvalue weighted by Crippen LogP contribution is -2.38. The Balaban J connectivity index is 2.16. The van der Waals surface area contributed by atoms with E-state index in [-0.39, 0.29) is 5.82 Å². The fourth-order valence-electron chi connectivity index (χ4n) is 2.00. The molecule has 1 aromatic rings. The predicted octanol–water partition coefficient (Wildman–Crippen LogP) is 2.97. The Morgan fingerprint density at radius 3 is 2.54 bits per heavy atom. The van der Waals surface area contributed by atoms with Crippen LogP contribution < -0.4 is 15.4 Å². The smallest absolute Gasteiger partial charge is 0.191 e. The maximum Gasteiger partial charge on any atom is 0.191 e. The zero-order valence-electron chi connectivity index (χ0n) is 14.8. The molecule has 0 aliphatic heterocycles. The average Bonchev–Trinajstić information content (AvgIpc) is 2.59. The van der Waals surface area contributed by atoms with Gasteiger partial charge in [-0.05, 0) is 51.0 Å². The van der Waals surface area contributed by atoms with Crippen molar-refractivity contribution >= 4 is 5.96 Å². The molecule has 0 aliphatic carbocycles. The van der Waals surface area contributed by atoms with Gasteiger partial charge in [0.25, 0.3) is 0 Å². The highest BCUT2D eigenvalue weighted by Crippen LogP contribution is 2.10. The van der Waals surface area contributed by atoms with E-state index in [1.54, 1.807) is 12.1 Å². The molecule has 0 aliphatic rings. The SMILES string of the molecule is CCNC(=NCCCOc1ccc(F)cc1)NCCCCOCC. The highest BCUT2D eigenvalue weighted by Gasteiger charge is 1.98. The zero-order chi connectivity index (χ0) is 17.5. The summed E-state index contributed by atoms with van der Waals surface area (Å²) in [5, 5.41) is 6.54. The molecule has 0 atom stereocenters. The number of hydrogen-bond donors (Lipinski definition) is 2. The van der Waals surface area contributed by atoms with Gasteiger partial charge in [-0.1, -0.05) is 0 Å². The molecular formula is C18H30FN3O2. The van der Waals surface area contributed by atoms with Crippen LogP contribution in [0, 0.1) is 5.82 Å². The summed E-state index contributed by atoms with van der Waals surface area (Å²) in [5.74, 6) is 1.25. The van der Waals surface area contributed by atoms with Crippen LogP contribution in [0.15, 0.2) is 29.3 Å². The lowest BCUT2D eigenvalue weighted by molar-refractivity contribution is 0.143. The zero-order valence-corrected chi connectivity index (χ0v) is 14.8. The lowest BCUT2D eigenvalue weighted by Gasteiger charge is -2.11. The summed E-state index contributed by atoms with van der Waals surface area (Å²) < 4.78 is 23.6. The van der Waals surface area contributed by atoms with Gasteiger partial charge in [0.05, 0.1) is 6.61 Å². The van der Waals surface area contributed by atoms with E-state index in [0.29, 0.717) is 18.9 Å². The fraction of sp³-hybridized carbons (Fsp3) is 0.611. The van der Waals surface area contributed by atoms with E-state index in [0.717, 1.165) is 51.5 Å². The van der Waals surface area contributed by atoms with E-state index in [1.807, 2.05) is 13.8 Å². The van der Waals surface area contributed by atoms with Gasteiger partial charge >= 0.3 is 0 Å². The number of nitrogens with one attached hydrogen (secondary N) is 2. The number of guanidine groups is 1. The molecule has 0 saturated carbocycles. The standard InChI is InChI=1S/C18H30FN3O2/c1-3-20-18(21-12-5-6-14-23-4-2)22-13-7-15-24-17-10-8-16(19)9-11-17/h8-11H,3-7,12-15H2,1-2H3,(H2,20,21,22). The van der Waals surface area contributed by atoms with Crippen molar-refractivity contribution in [1.29, 1.82) is 0 Å². The molecular weight excluding hydrogens is 309 g/mol. The second-order valence-electron chi connectivity index (χ2n) is 5.25. The maximum atomic E-state index is 12.8. The van der Waals surface area contributed by atoms with Crippen LogP contribution in [0.1, 0.15) is 33.1 Å². The van der Waals surface area contributed by atoms with Gasteiger partial charge in [-0.2, -0.15) is 0 Å². The maximum absolute atomic E-state index is 12.8. The van der Waals surface area contributed by atoms with Crippen molar-refractivity contribution in [3.05, 3.63) is 30.1 Å². The molecule has 6 heteroatoms. The second kappa shape index (κ2) is 13.6. The van der Waals surface area contributed by atoms with E-state index in [4.69, 9.17) is 9.47 Å². The molecule has 2 N–H and O–H groups in total. The predicted molar refractivity (Wildman–Crippen MR) is 96.2 cm³/mol. The Morgan fingerprint density at radius 2 is 1.83 bits per heavy atom. The number of hydrogen-bond acceptors (Lipinski definition) is 3. The molecule has 5 nitrogen and oxygen atoms in total. The van der Waals surface area contributed by atoms with Crippen molar-refractivity contribution in [1.82, 2.24) is 10.6 Å². The summed E-state index contributed by atoms with van der Waals surface area (Å²) in [6, 6.07) is 6.05. The molecule has 0 fully saturated rings. The Labute approximate surface area is 144 Å². The summed E-state index contributed by atoms with van der Waals surface area (Å²) in [6.45, 7) is 8.59. The third-order valence-corrected chi connectivity index (χ3v) is 3.21. The molecule has 0 spiro atoms. The molecule has 0 heterocycles. The molecule has 0 radical (unpaired) electrons. The van der Waals surface area contributed by atoms with Gasteiger partial charge in [0.2, 0.25) is 0 Å². The van der Waals surface area contributed by atoms with Crippen LogP contribution in [-0.2, 0) is 4.74 Å². The number of aliphatic imine (C=N–C) groups is 1. The van der Waals surface area contributed by atoms with Crippen LogP contribution in [0.3, 0.4) is 0 Å². The van der Waals surface area contributed by atoms with Crippen LogP contribution in [0.2, 0.25) is 0 Å².